The van der Waals surface area contributed by atoms with Gasteiger partial charge in [0.1, 0.15) is 5.75 Å². The first kappa shape index (κ1) is 11.4. The molecule has 0 spiro atoms. The monoisotopic (exact) mass is 221 g/mol. The van der Waals surface area contributed by atoms with Gasteiger partial charge in [0.15, 0.2) is 0 Å². The van der Waals surface area contributed by atoms with Gasteiger partial charge in [-0.2, -0.15) is 0 Å². The van der Waals surface area contributed by atoms with Crippen LogP contribution in [0.4, 0.5) is 0 Å². The lowest BCUT2D eigenvalue weighted by Gasteiger charge is -2.15. The minimum atomic E-state index is -0.588. The van der Waals surface area contributed by atoms with Gasteiger partial charge in [0, 0.05) is 6.54 Å². The molecule has 1 fully saturated rings. The highest BCUT2D eigenvalue weighted by atomic mass is 16.5. The SMILES string of the molecule is COc1cc(CN(C)C)cc(C2(O)CC2)c1. The predicted molar refractivity (Wildman–Crippen MR) is 63.5 cm³/mol. The summed E-state index contributed by atoms with van der Waals surface area (Å²) >= 11 is 0. The molecule has 0 unspecified atom stereocenters. The highest BCUT2D eigenvalue weighted by Gasteiger charge is 2.42. The molecule has 1 N–H and O–H groups in total. The zero-order valence-corrected chi connectivity index (χ0v) is 10.2. The third-order valence-corrected chi connectivity index (χ3v) is 2.96. The molecule has 88 valence electrons. The van der Waals surface area contributed by atoms with Crippen LogP contribution >= 0.6 is 0 Å². The lowest BCUT2D eigenvalue weighted by Crippen LogP contribution is -2.12. The summed E-state index contributed by atoms with van der Waals surface area (Å²) in [4.78, 5) is 2.11. The molecule has 1 aromatic rings. The number of ether oxygens (including phenoxy) is 1. The molecule has 2 rings (SSSR count). The van der Waals surface area contributed by atoms with E-state index in [1.807, 2.05) is 26.2 Å². The van der Waals surface area contributed by atoms with Crippen LogP contribution in [0.25, 0.3) is 0 Å². The van der Waals surface area contributed by atoms with Crippen molar-refractivity contribution in [3.8, 4) is 5.75 Å². The molecule has 3 heteroatoms. The van der Waals surface area contributed by atoms with Crippen molar-refractivity contribution in [1.82, 2.24) is 4.90 Å². The number of nitrogens with zero attached hydrogens (tertiary/aromatic N) is 1. The summed E-state index contributed by atoms with van der Waals surface area (Å²) in [6.07, 6.45) is 1.73. The summed E-state index contributed by atoms with van der Waals surface area (Å²) in [5.74, 6) is 0.828. The maximum atomic E-state index is 10.1. The van der Waals surface area contributed by atoms with Crippen LogP contribution in [-0.4, -0.2) is 31.2 Å². The van der Waals surface area contributed by atoms with Crippen LogP contribution < -0.4 is 4.74 Å². The summed E-state index contributed by atoms with van der Waals surface area (Å²) in [7, 11) is 5.73. The number of methoxy groups -OCH3 is 1. The number of hydrogen-bond acceptors (Lipinski definition) is 3. The van der Waals surface area contributed by atoms with Crippen LogP contribution in [0.15, 0.2) is 18.2 Å². The number of rotatable bonds is 4. The van der Waals surface area contributed by atoms with Crippen molar-refractivity contribution in [3.05, 3.63) is 29.3 Å². The summed E-state index contributed by atoms with van der Waals surface area (Å²) in [6.45, 7) is 0.861. The van der Waals surface area contributed by atoms with E-state index in [1.54, 1.807) is 7.11 Å². The van der Waals surface area contributed by atoms with Crippen molar-refractivity contribution in [3.63, 3.8) is 0 Å². The van der Waals surface area contributed by atoms with Crippen molar-refractivity contribution in [2.45, 2.75) is 25.0 Å². The predicted octanol–water partition coefficient (Wildman–Crippen LogP) is 1.74. The topological polar surface area (TPSA) is 32.7 Å². The van der Waals surface area contributed by atoms with Crippen LogP contribution in [-0.2, 0) is 12.1 Å². The molecule has 1 aliphatic rings. The highest BCUT2D eigenvalue weighted by Crippen LogP contribution is 2.46. The molecule has 16 heavy (non-hydrogen) atoms. The summed E-state index contributed by atoms with van der Waals surface area (Å²) < 4.78 is 5.27. The average molecular weight is 221 g/mol. The van der Waals surface area contributed by atoms with E-state index in [0.717, 1.165) is 30.7 Å². The molecule has 0 amide bonds. The van der Waals surface area contributed by atoms with Gasteiger partial charge in [-0.25, -0.2) is 0 Å². The fraction of sp³-hybridized carbons (Fsp3) is 0.538. The van der Waals surface area contributed by atoms with Gasteiger partial charge < -0.3 is 14.7 Å². The quantitative estimate of drug-likeness (QED) is 0.840. The molecular formula is C13H19NO2. The summed E-state index contributed by atoms with van der Waals surface area (Å²) in [6, 6.07) is 6.04. The molecule has 0 heterocycles. The van der Waals surface area contributed by atoms with Gasteiger partial charge in [0.05, 0.1) is 12.7 Å². The van der Waals surface area contributed by atoms with E-state index >= 15 is 0 Å². The van der Waals surface area contributed by atoms with Crippen molar-refractivity contribution < 1.29 is 9.84 Å². The maximum Gasteiger partial charge on any atom is 0.119 e. The number of benzene rings is 1. The second-order valence-corrected chi connectivity index (χ2v) is 4.84. The third-order valence-electron chi connectivity index (χ3n) is 2.96. The molecule has 0 aromatic heterocycles. The van der Waals surface area contributed by atoms with E-state index in [2.05, 4.69) is 11.0 Å². The average Bonchev–Trinajstić information content (AvgIpc) is 2.96. The van der Waals surface area contributed by atoms with E-state index < -0.39 is 5.60 Å². The van der Waals surface area contributed by atoms with Crippen LogP contribution in [0.3, 0.4) is 0 Å². The first-order chi connectivity index (χ1) is 7.53. The normalized spacial score (nSPS) is 17.6. The molecule has 0 radical (unpaired) electrons. The Hall–Kier alpha value is -1.06. The second-order valence-electron chi connectivity index (χ2n) is 4.84. The number of hydrogen-bond donors (Lipinski definition) is 1. The van der Waals surface area contributed by atoms with Gasteiger partial charge in [-0.05, 0) is 50.2 Å². The highest BCUT2D eigenvalue weighted by molar-refractivity contribution is 5.39. The van der Waals surface area contributed by atoms with E-state index in [1.165, 1.54) is 5.56 Å². The third kappa shape index (κ3) is 2.36. The Morgan fingerprint density at radius 3 is 2.50 bits per heavy atom. The molecule has 1 aromatic carbocycles. The zero-order chi connectivity index (χ0) is 11.8. The lowest BCUT2D eigenvalue weighted by atomic mass is 10.0. The standard InChI is InChI=1S/C13H19NO2/c1-14(2)9-10-6-11(13(15)4-5-13)8-12(7-10)16-3/h6-8,15H,4-5,9H2,1-3H3. The Morgan fingerprint density at radius 1 is 1.31 bits per heavy atom. The largest absolute Gasteiger partial charge is 0.497 e. The minimum Gasteiger partial charge on any atom is -0.497 e. The summed E-state index contributed by atoms with van der Waals surface area (Å²) in [5, 5.41) is 10.1. The van der Waals surface area contributed by atoms with Crippen molar-refractivity contribution in [1.29, 1.82) is 0 Å². The molecule has 1 aliphatic carbocycles. The van der Waals surface area contributed by atoms with E-state index in [9.17, 15) is 5.11 Å². The van der Waals surface area contributed by atoms with Gasteiger partial charge in [-0.3, -0.25) is 0 Å². The lowest BCUT2D eigenvalue weighted by molar-refractivity contribution is 0.151. The fourth-order valence-electron chi connectivity index (χ4n) is 1.91. The molecule has 0 atom stereocenters. The Bertz CT molecular complexity index is 384. The Balaban J connectivity index is 2.31. The molecular weight excluding hydrogens is 202 g/mol. The fourth-order valence-corrected chi connectivity index (χ4v) is 1.91. The van der Waals surface area contributed by atoms with Crippen molar-refractivity contribution >= 4 is 0 Å². The van der Waals surface area contributed by atoms with Crippen molar-refractivity contribution in [2.75, 3.05) is 21.2 Å². The maximum absolute atomic E-state index is 10.1. The van der Waals surface area contributed by atoms with E-state index in [4.69, 9.17) is 4.74 Å². The van der Waals surface area contributed by atoms with Gasteiger partial charge in [0.2, 0.25) is 0 Å². The first-order valence-corrected chi connectivity index (χ1v) is 5.59. The Morgan fingerprint density at radius 2 is 2.00 bits per heavy atom. The van der Waals surface area contributed by atoms with Gasteiger partial charge in [-0.15, -0.1) is 0 Å². The van der Waals surface area contributed by atoms with Gasteiger partial charge in [-0.1, -0.05) is 6.07 Å². The molecule has 1 saturated carbocycles. The minimum absolute atomic E-state index is 0.588. The second kappa shape index (κ2) is 4.07. The molecule has 0 bridgehead atoms. The molecule has 3 nitrogen and oxygen atoms in total. The van der Waals surface area contributed by atoms with E-state index in [-0.39, 0.29) is 0 Å². The van der Waals surface area contributed by atoms with Crippen LogP contribution in [0.2, 0.25) is 0 Å². The van der Waals surface area contributed by atoms with Crippen LogP contribution in [0, 0.1) is 0 Å². The number of aliphatic hydroxyl groups is 1. The van der Waals surface area contributed by atoms with E-state index in [0.29, 0.717) is 0 Å². The zero-order valence-electron chi connectivity index (χ0n) is 10.2. The van der Waals surface area contributed by atoms with Gasteiger partial charge in [0.25, 0.3) is 0 Å². The summed E-state index contributed by atoms with van der Waals surface area (Å²) in [5.41, 5.74) is 1.58. The van der Waals surface area contributed by atoms with Crippen LogP contribution in [0.1, 0.15) is 24.0 Å². The molecule has 0 saturated heterocycles. The smallest absolute Gasteiger partial charge is 0.119 e. The van der Waals surface area contributed by atoms with Crippen molar-refractivity contribution in [2.24, 2.45) is 0 Å². The molecule has 0 aliphatic heterocycles. The van der Waals surface area contributed by atoms with Gasteiger partial charge >= 0.3 is 0 Å². The van der Waals surface area contributed by atoms with Crippen LogP contribution in [0.5, 0.6) is 5.75 Å². The first-order valence-electron chi connectivity index (χ1n) is 5.59. The Kier molecular flexibility index (Phi) is 2.91. The Labute approximate surface area is 96.6 Å².